The Balaban J connectivity index is 1.71. The molecule has 6 heteroatoms. The van der Waals surface area contributed by atoms with Crippen molar-refractivity contribution in [3.8, 4) is 0 Å². The lowest BCUT2D eigenvalue weighted by Crippen LogP contribution is -2.45. The third kappa shape index (κ3) is 2.54. The van der Waals surface area contributed by atoms with Gasteiger partial charge in [0, 0.05) is 12.1 Å². The molecule has 1 aliphatic heterocycles. The van der Waals surface area contributed by atoms with E-state index in [1.165, 1.54) is 7.11 Å². The van der Waals surface area contributed by atoms with Gasteiger partial charge in [-0.15, -0.1) is 0 Å². The average Bonchev–Trinajstić information content (AvgIpc) is 3.19. The van der Waals surface area contributed by atoms with Gasteiger partial charge in [0.25, 0.3) is 0 Å². The number of imidazole rings is 1. The number of nitrogens with zero attached hydrogens (tertiary/aromatic N) is 3. The lowest BCUT2D eigenvalue weighted by Gasteiger charge is -2.24. The van der Waals surface area contributed by atoms with E-state index in [1.807, 2.05) is 60.0 Å². The molecule has 1 aromatic heterocycles. The predicted octanol–water partition coefficient (Wildman–Crippen LogP) is 2.48. The van der Waals surface area contributed by atoms with E-state index in [9.17, 15) is 9.59 Å². The Labute approximate surface area is 151 Å². The fraction of sp³-hybridized carbons (Fsp3) is 0.250. The van der Waals surface area contributed by atoms with Gasteiger partial charge in [-0.05, 0) is 30.7 Å². The van der Waals surface area contributed by atoms with Crippen LogP contribution in [0.1, 0.15) is 11.4 Å². The Morgan fingerprint density at radius 1 is 1.15 bits per heavy atom. The van der Waals surface area contributed by atoms with Gasteiger partial charge in [-0.1, -0.05) is 30.3 Å². The van der Waals surface area contributed by atoms with Crippen molar-refractivity contribution in [1.82, 2.24) is 9.55 Å². The van der Waals surface area contributed by atoms with Gasteiger partial charge >= 0.3 is 5.97 Å². The van der Waals surface area contributed by atoms with Gasteiger partial charge in [0.15, 0.2) is 0 Å². The number of anilines is 1. The summed E-state index contributed by atoms with van der Waals surface area (Å²) in [7, 11) is 1.35. The molecule has 0 radical (unpaired) electrons. The molecule has 26 heavy (non-hydrogen) atoms. The molecule has 132 valence electrons. The van der Waals surface area contributed by atoms with E-state index in [-0.39, 0.29) is 12.5 Å². The minimum absolute atomic E-state index is 0.119. The van der Waals surface area contributed by atoms with Gasteiger partial charge in [0.2, 0.25) is 5.91 Å². The van der Waals surface area contributed by atoms with Crippen LogP contribution in [0.5, 0.6) is 0 Å². The van der Waals surface area contributed by atoms with Crippen LogP contribution in [0.3, 0.4) is 0 Å². The summed E-state index contributed by atoms with van der Waals surface area (Å²) in [5.41, 5.74) is 3.50. The van der Waals surface area contributed by atoms with E-state index in [0.29, 0.717) is 6.42 Å². The Bertz CT molecular complexity index is 1010. The standard InChI is InChI=1S/C20H19N3O3/c1-13-21-15-8-4-6-10-17(15)22(13)12-19(24)23-16-9-5-3-7-14(16)11-18(23)20(25)26-2/h3-10,18H,11-12H2,1-2H3/t18-/m0/s1. The molecule has 0 aliphatic carbocycles. The summed E-state index contributed by atoms with van der Waals surface area (Å²) in [6.45, 7) is 2.00. The van der Waals surface area contributed by atoms with E-state index in [2.05, 4.69) is 4.98 Å². The van der Waals surface area contributed by atoms with E-state index < -0.39 is 12.0 Å². The summed E-state index contributed by atoms with van der Waals surface area (Å²) in [5, 5.41) is 0. The number of aryl methyl sites for hydroxylation is 1. The summed E-state index contributed by atoms with van der Waals surface area (Å²) in [4.78, 5) is 31.5. The molecule has 2 heterocycles. The van der Waals surface area contributed by atoms with Crippen molar-refractivity contribution in [2.45, 2.75) is 25.9 Å². The van der Waals surface area contributed by atoms with Crippen molar-refractivity contribution in [2.24, 2.45) is 0 Å². The van der Waals surface area contributed by atoms with E-state index in [0.717, 1.165) is 28.1 Å². The smallest absolute Gasteiger partial charge is 0.329 e. The predicted molar refractivity (Wildman–Crippen MR) is 97.9 cm³/mol. The summed E-state index contributed by atoms with van der Waals surface area (Å²) in [6.07, 6.45) is 0.470. The number of methoxy groups -OCH3 is 1. The van der Waals surface area contributed by atoms with Crippen molar-refractivity contribution in [3.05, 3.63) is 59.9 Å². The zero-order valence-corrected chi connectivity index (χ0v) is 14.7. The zero-order valence-electron chi connectivity index (χ0n) is 14.7. The van der Waals surface area contributed by atoms with Crippen LogP contribution in [0.25, 0.3) is 11.0 Å². The first kappa shape index (κ1) is 16.3. The first-order valence-corrected chi connectivity index (χ1v) is 8.50. The highest BCUT2D eigenvalue weighted by Gasteiger charge is 2.39. The maximum atomic E-state index is 13.2. The number of amides is 1. The topological polar surface area (TPSA) is 64.4 Å². The molecule has 0 spiro atoms. The number of carbonyl (C=O) groups excluding carboxylic acids is 2. The molecular weight excluding hydrogens is 330 g/mol. The fourth-order valence-electron chi connectivity index (χ4n) is 3.63. The lowest BCUT2D eigenvalue weighted by molar-refractivity contribution is -0.143. The maximum Gasteiger partial charge on any atom is 0.329 e. The molecule has 0 N–H and O–H groups in total. The first-order valence-electron chi connectivity index (χ1n) is 8.50. The van der Waals surface area contributed by atoms with Crippen LogP contribution in [-0.2, 0) is 27.3 Å². The van der Waals surface area contributed by atoms with Gasteiger partial charge < -0.3 is 9.30 Å². The third-order valence-corrected chi connectivity index (χ3v) is 4.86. The highest BCUT2D eigenvalue weighted by molar-refractivity contribution is 6.02. The molecule has 4 rings (SSSR count). The number of benzene rings is 2. The highest BCUT2D eigenvalue weighted by Crippen LogP contribution is 2.33. The molecule has 1 aliphatic rings. The summed E-state index contributed by atoms with van der Waals surface area (Å²) in [5.74, 6) is 0.208. The summed E-state index contributed by atoms with van der Waals surface area (Å²) < 4.78 is 6.80. The number of hydrogen-bond donors (Lipinski definition) is 0. The Morgan fingerprint density at radius 3 is 2.69 bits per heavy atom. The number of ether oxygens (including phenoxy) is 1. The van der Waals surface area contributed by atoms with Crippen molar-refractivity contribution in [3.63, 3.8) is 0 Å². The van der Waals surface area contributed by atoms with Gasteiger partial charge in [-0.25, -0.2) is 9.78 Å². The molecule has 0 unspecified atom stereocenters. The highest BCUT2D eigenvalue weighted by atomic mass is 16.5. The van der Waals surface area contributed by atoms with Gasteiger partial charge in [-0.2, -0.15) is 0 Å². The molecular formula is C20H19N3O3. The number of hydrogen-bond acceptors (Lipinski definition) is 4. The summed E-state index contributed by atoms with van der Waals surface area (Å²) in [6, 6.07) is 14.7. The second-order valence-electron chi connectivity index (χ2n) is 6.37. The van der Waals surface area contributed by atoms with Gasteiger partial charge in [0.1, 0.15) is 18.4 Å². The second kappa shape index (κ2) is 6.29. The molecule has 1 amide bonds. The van der Waals surface area contributed by atoms with E-state index >= 15 is 0 Å². The van der Waals surface area contributed by atoms with Crippen LogP contribution in [0, 0.1) is 6.92 Å². The first-order chi connectivity index (χ1) is 12.6. The molecule has 3 aromatic rings. The molecule has 2 aromatic carbocycles. The number of para-hydroxylation sites is 3. The van der Waals surface area contributed by atoms with Crippen LogP contribution >= 0.6 is 0 Å². The second-order valence-corrected chi connectivity index (χ2v) is 6.37. The minimum Gasteiger partial charge on any atom is -0.467 e. The van der Waals surface area contributed by atoms with E-state index in [1.54, 1.807) is 4.90 Å². The molecule has 0 saturated heterocycles. The third-order valence-electron chi connectivity index (χ3n) is 4.86. The SMILES string of the molecule is COC(=O)[C@@H]1Cc2ccccc2N1C(=O)Cn1c(C)nc2ccccc21. The largest absolute Gasteiger partial charge is 0.467 e. The molecule has 0 fully saturated rings. The fourth-order valence-corrected chi connectivity index (χ4v) is 3.63. The molecule has 6 nitrogen and oxygen atoms in total. The van der Waals surface area contributed by atoms with Crippen LogP contribution in [0.2, 0.25) is 0 Å². The Morgan fingerprint density at radius 2 is 1.88 bits per heavy atom. The zero-order chi connectivity index (χ0) is 18.3. The van der Waals surface area contributed by atoms with Gasteiger partial charge in [0.05, 0.1) is 18.1 Å². The maximum absolute atomic E-state index is 13.2. The van der Waals surface area contributed by atoms with Crippen LogP contribution < -0.4 is 4.90 Å². The molecule has 1 atom stereocenters. The van der Waals surface area contributed by atoms with Crippen LogP contribution in [0.15, 0.2) is 48.5 Å². The summed E-state index contributed by atoms with van der Waals surface area (Å²) >= 11 is 0. The Kier molecular flexibility index (Phi) is 3.95. The Hall–Kier alpha value is -3.15. The van der Waals surface area contributed by atoms with E-state index in [4.69, 9.17) is 4.74 Å². The average molecular weight is 349 g/mol. The number of aromatic nitrogens is 2. The van der Waals surface area contributed by atoms with Crippen molar-refractivity contribution < 1.29 is 14.3 Å². The monoisotopic (exact) mass is 349 g/mol. The lowest BCUT2D eigenvalue weighted by atomic mass is 10.1. The van der Waals surface area contributed by atoms with Crippen molar-refractivity contribution in [1.29, 1.82) is 0 Å². The van der Waals surface area contributed by atoms with Crippen LogP contribution in [-0.4, -0.2) is 34.6 Å². The van der Waals surface area contributed by atoms with Crippen LogP contribution in [0.4, 0.5) is 5.69 Å². The van der Waals surface area contributed by atoms with Crippen molar-refractivity contribution >= 4 is 28.6 Å². The van der Waals surface area contributed by atoms with Crippen molar-refractivity contribution in [2.75, 3.05) is 12.0 Å². The van der Waals surface area contributed by atoms with Gasteiger partial charge in [-0.3, -0.25) is 9.69 Å². The number of fused-ring (bicyclic) bond motifs is 2. The number of rotatable bonds is 3. The number of carbonyl (C=O) groups is 2. The molecule has 0 bridgehead atoms. The normalized spacial score (nSPS) is 15.9. The molecule has 0 saturated carbocycles. The number of esters is 1. The minimum atomic E-state index is -0.625. The quantitative estimate of drug-likeness (QED) is 0.682.